The topological polar surface area (TPSA) is 32.8 Å². The molecule has 0 fully saturated rings. The second-order valence-electron chi connectivity index (χ2n) is 43.8. The number of anilines is 6. The number of nitrogens with zero attached hydrogens (tertiary/aromatic N) is 2. The third kappa shape index (κ3) is 13.9. The first-order valence-electron chi connectivity index (χ1n) is 51.8. The van der Waals surface area contributed by atoms with Gasteiger partial charge in [-0.15, -0.1) is 0 Å². The van der Waals surface area contributed by atoms with E-state index in [2.05, 4.69) is 522 Å². The molecule has 0 amide bonds. The summed E-state index contributed by atoms with van der Waals surface area (Å²) in [7, 11) is 0. The van der Waals surface area contributed by atoms with E-state index in [0.29, 0.717) is 0 Å². The normalized spacial score (nSPS) is 14.3. The molecule has 2 heterocycles. The molecule has 22 aromatic carbocycles. The first-order valence-corrected chi connectivity index (χ1v) is 51.8. The summed E-state index contributed by atoms with van der Waals surface area (Å²) in [6.45, 7) is 24.0. The van der Waals surface area contributed by atoms with Crippen molar-refractivity contribution in [1.29, 1.82) is 0 Å². The van der Waals surface area contributed by atoms with Crippen LogP contribution >= 0.6 is 0 Å². The van der Waals surface area contributed by atoms with Crippen LogP contribution in [0.1, 0.15) is 125 Å². The summed E-state index contributed by atoms with van der Waals surface area (Å²) in [5.41, 5.74) is 53.0. The van der Waals surface area contributed by atoms with Crippen LogP contribution in [0.5, 0.6) is 0 Å². The van der Waals surface area contributed by atoms with Crippen molar-refractivity contribution in [3.63, 3.8) is 0 Å². The van der Waals surface area contributed by atoms with Gasteiger partial charge in [-0.05, 0) is 362 Å². The number of hydrogen-bond donors (Lipinski definition) is 0. The van der Waals surface area contributed by atoms with Gasteiger partial charge in [0.05, 0.1) is 0 Å². The fourth-order valence-electron chi connectivity index (χ4n) is 25.6. The molecule has 0 saturated carbocycles. The lowest BCUT2D eigenvalue weighted by molar-refractivity contribution is 0.659. The molecule has 147 heavy (non-hydrogen) atoms. The lowest BCUT2D eigenvalue weighted by atomic mass is 9.80. The van der Waals surface area contributed by atoms with E-state index < -0.39 is 0 Å². The van der Waals surface area contributed by atoms with Gasteiger partial charge in [-0.25, -0.2) is 0 Å². The number of benzene rings is 22. The standard InChI is InChI=1S/C73H55NO.C70H51NO/c1-71(2)63-37-48(44-14-8-7-9-15-44)22-29-55(63)58-33-26-52(41-66(58)71)74(53-27-34-59-56-30-23-49(38-64(56)72(3,4)67(59)42-53)47-21-20-45-16-10-11-17-46(45)36-47)54-28-35-60-57-31-24-50(39-65(57)73(5,6)68(60)43-54)51-25-32-62-61-18-12-13-19-69(61)75-70(62)40-51;1-69(2)63-39-51(44-12-6-5-7-13-44)26-33-57(63)59-36-31-55(42-65(59)69)71(54-29-24-47(25-30-54)46-18-20-48(21-19-46)53-28-35-62-61-16-10-11-17-67(61)72-68(62)41-53)56-32-37-60-58-34-27-52(40-64(58)70(3,4)66(60)43-56)50-23-22-45-14-8-9-15-49(45)38-50/h7-43H,1-6H3;5-43H,1-4H3. The quantitative estimate of drug-likeness (QED) is 0.115. The van der Waals surface area contributed by atoms with E-state index in [4.69, 9.17) is 8.83 Å². The molecule has 5 aliphatic rings. The second kappa shape index (κ2) is 32.8. The molecule has 0 unspecified atom stereocenters. The number of rotatable bonds is 13. The molecule has 0 saturated heterocycles. The lowest BCUT2D eigenvalue weighted by Gasteiger charge is -2.31. The maximum absolute atomic E-state index is 6.36. The van der Waals surface area contributed by atoms with Crippen LogP contribution in [0.2, 0.25) is 0 Å². The predicted octanol–water partition coefficient (Wildman–Crippen LogP) is 39.6. The fraction of sp³-hybridized carbons (Fsp3) is 0.105. The molecule has 700 valence electrons. The van der Waals surface area contributed by atoms with Crippen LogP contribution in [-0.2, 0) is 27.1 Å². The van der Waals surface area contributed by atoms with E-state index in [-0.39, 0.29) is 27.1 Å². The lowest BCUT2D eigenvalue weighted by Crippen LogP contribution is -2.19. The zero-order chi connectivity index (χ0) is 98.8. The van der Waals surface area contributed by atoms with Crippen molar-refractivity contribution < 1.29 is 8.83 Å². The summed E-state index contributed by atoms with van der Waals surface area (Å²) in [6.07, 6.45) is 0. The first kappa shape index (κ1) is 87.4. The van der Waals surface area contributed by atoms with Crippen LogP contribution < -0.4 is 9.80 Å². The Morgan fingerprint density at radius 1 is 0.136 bits per heavy atom. The van der Waals surface area contributed by atoms with Crippen molar-refractivity contribution in [1.82, 2.24) is 0 Å². The molecule has 0 bridgehead atoms. The minimum Gasteiger partial charge on any atom is -0.456 e. The molecule has 0 aliphatic heterocycles. The molecule has 0 spiro atoms. The van der Waals surface area contributed by atoms with Gasteiger partial charge in [0.25, 0.3) is 0 Å². The number of furan rings is 2. The minimum atomic E-state index is -0.256. The summed E-state index contributed by atoms with van der Waals surface area (Å²) in [5, 5.41) is 9.65. The number of fused-ring (bicyclic) bond motifs is 23. The highest BCUT2D eigenvalue weighted by Crippen LogP contribution is 2.60. The molecule has 5 aliphatic carbocycles. The van der Waals surface area contributed by atoms with Gasteiger partial charge >= 0.3 is 0 Å². The molecule has 29 rings (SSSR count). The van der Waals surface area contributed by atoms with Crippen LogP contribution in [0.15, 0.2) is 470 Å². The third-order valence-corrected chi connectivity index (χ3v) is 33.7. The van der Waals surface area contributed by atoms with Crippen molar-refractivity contribution in [3.05, 3.63) is 517 Å². The smallest absolute Gasteiger partial charge is 0.136 e. The molecule has 4 heteroatoms. The Bertz CT molecular complexity index is 9630. The van der Waals surface area contributed by atoms with Crippen molar-refractivity contribution in [2.24, 2.45) is 0 Å². The molecule has 2 aromatic heterocycles. The molecule has 0 N–H and O–H groups in total. The summed E-state index contributed by atoms with van der Waals surface area (Å²) in [5.74, 6) is 0. The molecule has 4 nitrogen and oxygen atoms in total. The highest BCUT2D eigenvalue weighted by molar-refractivity contribution is 6.08. The van der Waals surface area contributed by atoms with Crippen molar-refractivity contribution in [2.75, 3.05) is 9.80 Å². The molecule has 0 radical (unpaired) electrons. The number of hydrogen-bond acceptors (Lipinski definition) is 4. The van der Waals surface area contributed by atoms with Gasteiger partial charge in [-0.3, -0.25) is 0 Å². The first-order chi connectivity index (χ1) is 71.5. The summed E-state index contributed by atoms with van der Waals surface area (Å²) in [4.78, 5) is 5.00. The van der Waals surface area contributed by atoms with E-state index in [1.54, 1.807) is 0 Å². The van der Waals surface area contributed by atoms with Crippen molar-refractivity contribution in [2.45, 2.75) is 96.3 Å². The maximum Gasteiger partial charge on any atom is 0.136 e. The van der Waals surface area contributed by atoms with Crippen molar-refractivity contribution in [3.8, 4) is 134 Å². The number of para-hydroxylation sites is 2. The second-order valence-corrected chi connectivity index (χ2v) is 43.8. The van der Waals surface area contributed by atoms with Crippen molar-refractivity contribution >= 4 is 99.5 Å². The monoisotopic (exact) mass is 1880 g/mol. The fourth-order valence-corrected chi connectivity index (χ4v) is 25.6. The molecular weight excluding hydrogens is 1780 g/mol. The van der Waals surface area contributed by atoms with E-state index in [1.165, 1.54) is 194 Å². The Labute approximate surface area is 858 Å². The highest BCUT2D eigenvalue weighted by Gasteiger charge is 2.44. The van der Waals surface area contributed by atoms with Crippen LogP contribution in [0.4, 0.5) is 34.1 Å². The van der Waals surface area contributed by atoms with Crippen LogP contribution in [0.25, 0.3) is 199 Å². The van der Waals surface area contributed by atoms with Gasteiger partial charge in [-0.1, -0.05) is 379 Å². The zero-order valence-electron chi connectivity index (χ0n) is 84.1. The van der Waals surface area contributed by atoms with E-state index in [9.17, 15) is 0 Å². The predicted molar refractivity (Wildman–Crippen MR) is 618 cm³/mol. The average molecular weight is 1880 g/mol. The van der Waals surface area contributed by atoms with Gasteiger partial charge in [0, 0.05) is 82.7 Å². The highest BCUT2D eigenvalue weighted by atomic mass is 16.3. The summed E-state index contributed by atoms with van der Waals surface area (Å²) >= 11 is 0. The van der Waals surface area contributed by atoms with Crippen LogP contribution in [-0.4, -0.2) is 0 Å². The zero-order valence-corrected chi connectivity index (χ0v) is 84.1. The summed E-state index contributed by atoms with van der Waals surface area (Å²) < 4.78 is 12.6. The average Bonchev–Trinajstić information content (AvgIpc) is 1.52. The van der Waals surface area contributed by atoms with Crippen LogP contribution in [0.3, 0.4) is 0 Å². The van der Waals surface area contributed by atoms with E-state index in [1.807, 2.05) is 18.2 Å². The summed E-state index contributed by atoms with van der Waals surface area (Å²) in [6, 6.07) is 172. The van der Waals surface area contributed by atoms with Gasteiger partial charge < -0.3 is 18.6 Å². The van der Waals surface area contributed by atoms with Gasteiger partial charge in [0.1, 0.15) is 22.3 Å². The Morgan fingerprint density at radius 3 is 0.660 bits per heavy atom. The molecule has 24 aromatic rings. The Kier molecular flexibility index (Phi) is 19.5. The Morgan fingerprint density at radius 2 is 0.333 bits per heavy atom. The van der Waals surface area contributed by atoms with Crippen LogP contribution in [0, 0.1) is 0 Å². The van der Waals surface area contributed by atoms with E-state index in [0.717, 1.165) is 94.7 Å². The minimum absolute atomic E-state index is 0.199. The molecular formula is C143H106N2O2. The SMILES string of the molecule is CC1(C)c2cc(-c3ccccc3)ccc2-c2ccc(N(c3ccc(-c4ccc(-c5ccc6c(c5)oc5ccccc56)cc4)cc3)c3ccc4c(c3)C(C)(C)c3cc(-c5ccc6ccccc6c5)ccc3-4)cc21.CC1(C)c2cc(-c3ccccc3)ccc2-c2ccc(N(c3ccc4c(c3)C(C)(C)c3cc(-c5ccc6ccccc6c5)ccc3-4)c3ccc4c(c3)C(C)(C)c3cc(-c5ccc6c(c5)oc5ccccc56)ccc3-4)cc21. The van der Waals surface area contributed by atoms with E-state index >= 15 is 0 Å². The third-order valence-electron chi connectivity index (χ3n) is 33.7. The Balaban J connectivity index is 0.000000142. The molecule has 0 atom stereocenters. The Hall–Kier alpha value is -17.4. The van der Waals surface area contributed by atoms with Gasteiger partial charge in [-0.2, -0.15) is 0 Å². The largest absolute Gasteiger partial charge is 0.456 e. The van der Waals surface area contributed by atoms with Gasteiger partial charge in [0.2, 0.25) is 0 Å². The van der Waals surface area contributed by atoms with Gasteiger partial charge in [0.15, 0.2) is 0 Å². The maximum atomic E-state index is 6.36.